The van der Waals surface area contributed by atoms with Crippen molar-refractivity contribution in [1.82, 2.24) is 0 Å². The summed E-state index contributed by atoms with van der Waals surface area (Å²) in [5, 5.41) is 12.8. The van der Waals surface area contributed by atoms with Gasteiger partial charge >= 0.3 is 5.51 Å². The average Bonchev–Trinajstić information content (AvgIpc) is 2.66. The van der Waals surface area contributed by atoms with Gasteiger partial charge in [-0.1, -0.05) is 12.1 Å². The number of hydrogen-bond acceptors (Lipinski definition) is 6. The standard InChI is InChI=1S/C17H15N2O3.CHF3O3S/c1-18-11-15-13(4-3-5-17(15)22-2)10-16(18)12-6-8-14(9-7-12)19(20)21;2-1(3,4)8(5,6)7/h3-11H,1-2H3;(H,5,6,7)/q+1;/p-1. The number of nitrogens with zero attached hydrogens (tertiary/aromatic N) is 2. The Morgan fingerprint density at radius 1 is 1.10 bits per heavy atom. The summed E-state index contributed by atoms with van der Waals surface area (Å²) in [7, 11) is -2.49. The van der Waals surface area contributed by atoms with Crippen molar-refractivity contribution < 1.29 is 40.4 Å². The third-order valence-electron chi connectivity index (χ3n) is 3.97. The molecule has 0 saturated carbocycles. The number of ether oxygens (including phenoxy) is 1. The van der Waals surface area contributed by atoms with Gasteiger partial charge in [-0.2, -0.15) is 13.2 Å². The Bertz CT molecular complexity index is 1180. The molecule has 0 aliphatic rings. The van der Waals surface area contributed by atoms with E-state index in [1.165, 1.54) is 12.1 Å². The van der Waals surface area contributed by atoms with Gasteiger partial charge in [0.25, 0.3) is 5.69 Å². The molecule has 3 rings (SSSR count). The maximum absolute atomic E-state index is 10.7. The van der Waals surface area contributed by atoms with E-state index in [9.17, 15) is 23.3 Å². The van der Waals surface area contributed by atoms with Crippen LogP contribution in [0.15, 0.2) is 54.7 Å². The summed E-state index contributed by atoms with van der Waals surface area (Å²) in [6.07, 6.45) is 2.00. The van der Waals surface area contributed by atoms with E-state index >= 15 is 0 Å². The number of alkyl halides is 3. The highest BCUT2D eigenvalue weighted by molar-refractivity contribution is 7.86. The van der Waals surface area contributed by atoms with Crippen molar-refractivity contribution in [3.63, 3.8) is 0 Å². The quantitative estimate of drug-likeness (QED) is 0.201. The Hall–Kier alpha value is -3.25. The van der Waals surface area contributed by atoms with Crippen LogP contribution in [0.5, 0.6) is 5.75 Å². The average molecular weight is 444 g/mol. The number of nitro benzene ring substituents is 1. The van der Waals surface area contributed by atoms with Gasteiger partial charge in [0.2, 0.25) is 5.69 Å². The Balaban J connectivity index is 0.000000343. The van der Waals surface area contributed by atoms with Gasteiger partial charge in [-0.15, -0.1) is 0 Å². The number of rotatable bonds is 3. The minimum atomic E-state index is -6.09. The van der Waals surface area contributed by atoms with E-state index in [1.54, 1.807) is 19.2 Å². The number of aryl methyl sites for hydroxylation is 1. The summed E-state index contributed by atoms with van der Waals surface area (Å²) in [6, 6.07) is 14.5. The summed E-state index contributed by atoms with van der Waals surface area (Å²) in [4.78, 5) is 10.4. The maximum Gasteiger partial charge on any atom is 0.485 e. The number of non-ortho nitro benzene ring substituents is 1. The second-order valence-electron chi connectivity index (χ2n) is 5.94. The Kier molecular flexibility index (Phi) is 6.63. The van der Waals surface area contributed by atoms with Crippen LogP contribution >= 0.6 is 0 Å². The van der Waals surface area contributed by atoms with Crippen molar-refractivity contribution in [3.05, 3.63) is 64.8 Å². The topological polar surface area (TPSA) is 113 Å². The first kappa shape index (κ1) is 23.0. The van der Waals surface area contributed by atoms with E-state index in [4.69, 9.17) is 17.7 Å². The lowest BCUT2D eigenvalue weighted by Gasteiger charge is -2.08. The van der Waals surface area contributed by atoms with E-state index in [-0.39, 0.29) is 5.69 Å². The third kappa shape index (κ3) is 5.21. The van der Waals surface area contributed by atoms with E-state index in [0.717, 1.165) is 27.8 Å². The fourth-order valence-corrected chi connectivity index (χ4v) is 2.56. The van der Waals surface area contributed by atoms with Gasteiger partial charge in [0.05, 0.1) is 17.4 Å². The summed E-state index contributed by atoms with van der Waals surface area (Å²) >= 11 is 0. The normalized spacial score (nSPS) is 11.5. The number of methoxy groups -OCH3 is 1. The molecule has 3 aromatic rings. The Morgan fingerprint density at radius 2 is 1.67 bits per heavy atom. The zero-order valence-electron chi connectivity index (χ0n) is 15.6. The predicted molar refractivity (Wildman–Crippen MR) is 99.5 cm³/mol. The first-order chi connectivity index (χ1) is 13.8. The van der Waals surface area contributed by atoms with Crippen molar-refractivity contribution in [1.29, 1.82) is 0 Å². The lowest BCUT2D eigenvalue weighted by molar-refractivity contribution is -0.659. The van der Waals surface area contributed by atoms with Gasteiger partial charge in [-0.25, -0.2) is 13.0 Å². The summed E-state index contributed by atoms with van der Waals surface area (Å²) in [6.45, 7) is 0. The molecule has 0 spiro atoms. The molecule has 0 aliphatic carbocycles. The van der Waals surface area contributed by atoms with Crippen LogP contribution in [0.1, 0.15) is 0 Å². The maximum atomic E-state index is 10.7. The summed E-state index contributed by atoms with van der Waals surface area (Å²) < 4.78 is 66.3. The number of aromatic nitrogens is 1. The minimum Gasteiger partial charge on any atom is -0.741 e. The largest absolute Gasteiger partial charge is 0.741 e. The van der Waals surface area contributed by atoms with Crippen LogP contribution in [0, 0.1) is 10.1 Å². The predicted octanol–water partition coefficient (Wildman–Crippen LogP) is 3.30. The van der Waals surface area contributed by atoms with Gasteiger partial charge in [-0.3, -0.25) is 10.1 Å². The van der Waals surface area contributed by atoms with Crippen LogP contribution in [0.3, 0.4) is 0 Å². The molecular formula is C18H15F3N2O6S. The fourth-order valence-electron chi connectivity index (χ4n) is 2.56. The molecule has 0 unspecified atom stereocenters. The lowest BCUT2D eigenvalue weighted by atomic mass is 10.1. The number of nitro groups is 1. The van der Waals surface area contributed by atoms with Gasteiger partial charge in [-0.05, 0) is 23.6 Å². The highest BCUT2D eigenvalue weighted by Gasteiger charge is 2.36. The molecule has 1 heterocycles. The Labute approximate surface area is 169 Å². The van der Waals surface area contributed by atoms with E-state index in [1.807, 2.05) is 36.0 Å². The monoisotopic (exact) mass is 444 g/mol. The molecule has 0 N–H and O–H groups in total. The third-order valence-corrected chi connectivity index (χ3v) is 4.54. The first-order valence-corrected chi connectivity index (χ1v) is 9.49. The van der Waals surface area contributed by atoms with Gasteiger partial charge in [0.1, 0.15) is 12.8 Å². The number of benzene rings is 2. The van der Waals surface area contributed by atoms with Gasteiger partial charge in [0, 0.05) is 23.8 Å². The van der Waals surface area contributed by atoms with Gasteiger partial charge in [0.15, 0.2) is 16.3 Å². The molecule has 30 heavy (non-hydrogen) atoms. The van der Waals surface area contributed by atoms with Crippen molar-refractivity contribution in [2.75, 3.05) is 7.11 Å². The van der Waals surface area contributed by atoms with E-state index < -0.39 is 20.5 Å². The summed E-state index contributed by atoms with van der Waals surface area (Å²) in [5.41, 5.74) is -3.64. The van der Waals surface area contributed by atoms with Crippen LogP contribution in [0.4, 0.5) is 18.9 Å². The van der Waals surface area contributed by atoms with Crippen LogP contribution in [0.2, 0.25) is 0 Å². The van der Waals surface area contributed by atoms with E-state index in [0.29, 0.717) is 0 Å². The smallest absolute Gasteiger partial charge is 0.485 e. The van der Waals surface area contributed by atoms with Crippen molar-refractivity contribution >= 4 is 26.6 Å². The molecular weight excluding hydrogens is 429 g/mol. The molecule has 0 amide bonds. The molecule has 160 valence electrons. The fraction of sp³-hybridized carbons (Fsp3) is 0.167. The highest BCUT2D eigenvalue weighted by atomic mass is 32.2. The molecule has 8 nitrogen and oxygen atoms in total. The summed E-state index contributed by atoms with van der Waals surface area (Å²) in [5.74, 6) is 0.823. The number of fused-ring (bicyclic) bond motifs is 1. The molecule has 12 heteroatoms. The Morgan fingerprint density at radius 3 is 2.13 bits per heavy atom. The number of halogens is 3. The first-order valence-electron chi connectivity index (χ1n) is 8.08. The van der Waals surface area contributed by atoms with E-state index in [2.05, 4.69) is 6.07 Å². The van der Waals surface area contributed by atoms with Gasteiger partial charge < -0.3 is 9.29 Å². The van der Waals surface area contributed by atoms with Crippen molar-refractivity contribution in [2.24, 2.45) is 7.05 Å². The number of pyridine rings is 1. The second-order valence-corrected chi connectivity index (χ2v) is 7.31. The SMILES string of the molecule is COc1cccc2cc(-c3ccc([N+](=O)[O-])cc3)[n+](C)cc12.O=S(=O)([O-])C(F)(F)F. The second kappa shape index (κ2) is 8.63. The van der Waals surface area contributed by atoms with Crippen LogP contribution in [0.25, 0.3) is 22.0 Å². The molecule has 1 aromatic heterocycles. The zero-order valence-corrected chi connectivity index (χ0v) is 16.4. The molecule has 0 fully saturated rings. The van der Waals surface area contributed by atoms with Crippen LogP contribution < -0.4 is 9.30 Å². The lowest BCUT2D eigenvalue weighted by Crippen LogP contribution is -2.30. The van der Waals surface area contributed by atoms with Crippen LogP contribution in [-0.4, -0.2) is 30.5 Å². The van der Waals surface area contributed by atoms with Crippen LogP contribution in [-0.2, 0) is 17.2 Å². The molecule has 0 radical (unpaired) electrons. The van der Waals surface area contributed by atoms with Crippen molar-refractivity contribution in [3.8, 4) is 17.0 Å². The number of hydrogen-bond donors (Lipinski definition) is 0. The van der Waals surface area contributed by atoms with Crippen molar-refractivity contribution in [2.45, 2.75) is 5.51 Å². The molecule has 2 aromatic carbocycles. The molecule has 0 atom stereocenters. The highest BCUT2D eigenvalue weighted by Crippen LogP contribution is 2.27. The molecule has 0 bridgehead atoms. The minimum absolute atomic E-state index is 0.0915. The molecule has 0 aliphatic heterocycles. The zero-order chi connectivity index (χ0) is 22.7. The molecule has 0 saturated heterocycles.